The first kappa shape index (κ1) is 14.5. The maximum atomic E-state index is 11.7. The average molecular weight is 290 g/mol. The van der Waals surface area contributed by atoms with E-state index in [0.717, 1.165) is 31.0 Å². The Morgan fingerprint density at radius 3 is 2.48 bits per heavy atom. The summed E-state index contributed by atoms with van der Waals surface area (Å²) in [5.74, 6) is -0.240. The highest BCUT2D eigenvalue weighted by Gasteiger charge is 2.76. The van der Waals surface area contributed by atoms with Crippen LogP contribution in [0.4, 0.5) is 0 Å². The Hall–Kier alpha value is -1.45. The molecule has 2 fully saturated rings. The summed E-state index contributed by atoms with van der Waals surface area (Å²) < 4.78 is 5.63. The molecule has 21 heavy (non-hydrogen) atoms. The number of rotatable bonds is 3. The monoisotopic (exact) mass is 290 g/mol. The molecule has 0 aromatic carbocycles. The Balaban J connectivity index is 2.15. The fourth-order valence-corrected chi connectivity index (χ4v) is 4.86. The highest BCUT2D eigenvalue weighted by Crippen LogP contribution is 2.75. The lowest BCUT2D eigenvalue weighted by Crippen LogP contribution is -2.42. The van der Waals surface area contributed by atoms with Crippen LogP contribution >= 0.6 is 0 Å². The van der Waals surface area contributed by atoms with Crippen molar-refractivity contribution in [3.63, 3.8) is 0 Å². The Labute approximate surface area is 124 Å². The zero-order valence-electron chi connectivity index (χ0n) is 13.1. The number of carbonyl (C=O) groups excluding carboxylic acids is 3. The van der Waals surface area contributed by atoms with E-state index in [0.29, 0.717) is 12.0 Å². The van der Waals surface area contributed by atoms with Crippen LogP contribution in [-0.2, 0) is 19.1 Å². The van der Waals surface area contributed by atoms with Gasteiger partial charge in [0.1, 0.15) is 18.7 Å². The first-order valence-corrected chi connectivity index (χ1v) is 7.53. The van der Waals surface area contributed by atoms with Gasteiger partial charge < -0.3 is 9.53 Å². The molecular weight excluding hydrogens is 268 g/mol. The molecule has 0 aromatic rings. The molecule has 0 heterocycles. The lowest BCUT2D eigenvalue weighted by molar-refractivity contribution is -0.154. The van der Waals surface area contributed by atoms with Crippen LogP contribution in [0, 0.1) is 22.2 Å². The predicted molar refractivity (Wildman–Crippen MR) is 76.4 cm³/mol. The van der Waals surface area contributed by atoms with Crippen molar-refractivity contribution < 1.29 is 19.1 Å². The SMILES string of the molecule is CC(=O)O[C@H]1[C@@H]2CC(C)(C)CC2=C(C=O)[C@@]2(C=O)C[C@]12C. The van der Waals surface area contributed by atoms with E-state index >= 15 is 0 Å². The summed E-state index contributed by atoms with van der Waals surface area (Å²) in [6, 6.07) is 0. The van der Waals surface area contributed by atoms with E-state index in [2.05, 4.69) is 13.8 Å². The van der Waals surface area contributed by atoms with Gasteiger partial charge in [0.15, 0.2) is 0 Å². The van der Waals surface area contributed by atoms with E-state index in [1.54, 1.807) is 0 Å². The molecule has 3 aliphatic rings. The van der Waals surface area contributed by atoms with E-state index in [9.17, 15) is 14.4 Å². The van der Waals surface area contributed by atoms with Crippen LogP contribution in [-0.4, -0.2) is 24.6 Å². The number of carbonyl (C=O) groups is 3. The molecule has 0 saturated heterocycles. The number of fused-ring (bicyclic) bond motifs is 2. The van der Waals surface area contributed by atoms with E-state index in [1.807, 2.05) is 6.92 Å². The van der Waals surface area contributed by atoms with E-state index < -0.39 is 10.8 Å². The topological polar surface area (TPSA) is 60.4 Å². The smallest absolute Gasteiger partial charge is 0.302 e. The molecule has 0 amide bonds. The molecule has 114 valence electrons. The average Bonchev–Trinajstić information content (AvgIpc) is 2.88. The second-order valence-corrected chi connectivity index (χ2v) is 7.92. The van der Waals surface area contributed by atoms with Crippen molar-refractivity contribution >= 4 is 18.5 Å². The fourth-order valence-electron chi connectivity index (χ4n) is 4.86. The van der Waals surface area contributed by atoms with Crippen molar-refractivity contribution in [1.82, 2.24) is 0 Å². The number of ether oxygens (including phenoxy) is 1. The predicted octanol–water partition coefficient (Wildman–Crippen LogP) is 2.46. The summed E-state index contributed by atoms with van der Waals surface area (Å²) in [5.41, 5.74) is 0.623. The van der Waals surface area contributed by atoms with Gasteiger partial charge in [-0.1, -0.05) is 26.3 Å². The number of allylic oxidation sites excluding steroid dienone is 1. The molecule has 0 spiro atoms. The third kappa shape index (κ3) is 1.71. The van der Waals surface area contributed by atoms with Gasteiger partial charge in [-0.3, -0.25) is 9.59 Å². The molecule has 0 N–H and O–H groups in total. The minimum atomic E-state index is -0.735. The molecule has 2 saturated carbocycles. The van der Waals surface area contributed by atoms with E-state index in [-0.39, 0.29) is 23.4 Å². The molecule has 4 heteroatoms. The number of hydrogen-bond donors (Lipinski definition) is 0. The van der Waals surface area contributed by atoms with Crippen LogP contribution in [0.25, 0.3) is 0 Å². The zero-order chi connectivity index (χ0) is 15.6. The normalized spacial score (nSPS) is 42.9. The number of hydrogen-bond acceptors (Lipinski definition) is 4. The summed E-state index contributed by atoms with van der Waals surface area (Å²) in [7, 11) is 0. The lowest BCUT2D eigenvalue weighted by atomic mass is 9.70. The maximum absolute atomic E-state index is 11.7. The highest BCUT2D eigenvalue weighted by atomic mass is 16.5. The van der Waals surface area contributed by atoms with E-state index in [4.69, 9.17) is 4.74 Å². The quantitative estimate of drug-likeness (QED) is 0.592. The third-order valence-corrected chi connectivity index (χ3v) is 5.86. The minimum Gasteiger partial charge on any atom is -0.461 e. The van der Waals surface area contributed by atoms with Gasteiger partial charge in [0, 0.05) is 23.8 Å². The van der Waals surface area contributed by atoms with Gasteiger partial charge in [-0.2, -0.15) is 0 Å². The first-order valence-electron chi connectivity index (χ1n) is 7.53. The molecule has 3 rings (SSSR count). The first-order chi connectivity index (χ1) is 9.71. The standard InChI is InChI=1S/C17H22O4/c1-10(20)21-14-12-6-15(2,3)5-11(12)13(7-18)17(9-19)8-16(14,17)4/h7,9,12,14H,5-6,8H2,1-4H3/t12-,14+,16-,17+/m1/s1. The molecule has 0 aromatic heterocycles. The van der Waals surface area contributed by atoms with Crippen LogP contribution in [0.1, 0.15) is 47.0 Å². The summed E-state index contributed by atoms with van der Waals surface area (Å²) in [5, 5.41) is 0. The van der Waals surface area contributed by atoms with Gasteiger partial charge in [-0.25, -0.2) is 0 Å². The van der Waals surface area contributed by atoms with Crippen LogP contribution in [0.3, 0.4) is 0 Å². The molecule has 3 aliphatic carbocycles. The molecule has 4 atom stereocenters. The summed E-state index contributed by atoms with van der Waals surface area (Å²) in [6.07, 6.45) is 3.78. The largest absolute Gasteiger partial charge is 0.461 e. The fraction of sp³-hybridized carbons (Fsp3) is 0.706. The lowest BCUT2D eigenvalue weighted by Gasteiger charge is -2.38. The van der Waals surface area contributed by atoms with Gasteiger partial charge in [-0.05, 0) is 24.7 Å². The van der Waals surface area contributed by atoms with Crippen molar-refractivity contribution in [3.8, 4) is 0 Å². The highest BCUT2D eigenvalue weighted by molar-refractivity contribution is 5.91. The molecular formula is C17H22O4. The molecule has 0 bridgehead atoms. The van der Waals surface area contributed by atoms with Gasteiger partial charge in [0.2, 0.25) is 0 Å². The van der Waals surface area contributed by atoms with Crippen molar-refractivity contribution in [3.05, 3.63) is 11.1 Å². The summed E-state index contributed by atoms with van der Waals surface area (Å²) in [4.78, 5) is 34.9. The van der Waals surface area contributed by atoms with Gasteiger partial charge in [0.05, 0.1) is 5.41 Å². The summed E-state index contributed by atoms with van der Waals surface area (Å²) in [6.45, 7) is 7.70. The Morgan fingerprint density at radius 1 is 1.29 bits per heavy atom. The third-order valence-electron chi connectivity index (χ3n) is 5.86. The Morgan fingerprint density at radius 2 is 1.95 bits per heavy atom. The summed E-state index contributed by atoms with van der Waals surface area (Å²) >= 11 is 0. The second-order valence-electron chi connectivity index (χ2n) is 7.92. The van der Waals surface area contributed by atoms with Crippen LogP contribution in [0.15, 0.2) is 11.1 Å². The van der Waals surface area contributed by atoms with Gasteiger partial charge >= 0.3 is 5.97 Å². The van der Waals surface area contributed by atoms with Crippen molar-refractivity contribution in [1.29, 1.82) is 0 Å². The molecule has 4 nitrogen and oxygen atoms in total. The van der Waals surface area contributed by atoms with Crippen molar-refractivity contribution in [2.75, 3.05) is 0 Å². The molecule has 0 aliphatic heterocycles. The van der Waals surface area contributed by atoms with E-state index in [1.165, 1.54) is 6.92 Å². The Bertz CT molecular complexity index is 573. The molecule has 0 unspecified atom stereocenters. The van der Waals surface area contributed by atoms with Crippen LogP contribution < -0.4 is 0 Å². The maximum Gasteiger partial charge on any atom is 0.302 e. The van der Waals surface area contributed by atoms with Crippen molar-refractivity contribution in [2.24, 2.45) is 22.2 Å². The second kappa shape index (κ2) is 4.05. The number of aldehydes is 2. The zero-order valence-corrected chi connectivity index (χ0v) is 13.1. The molecule has 0 radical (unpaired) electrons. The minimum absolute atomic E-state index is 0.0733. The van der Waals surface area contributed by atoms with Gasteiger partial charge in [0.25, 0.3) is 0 Å². The van der Waals surface area contributed by atoms with Crippen molar-refractivity contribution in [2.45, 2.75) is 53.1 Å². The number of esters is 1. The van der Waals surface area contributed by atoms with Crippen LogP contribution in [0.2, 0.25) is 0 Å². The Kier molecular flexibility index (Phi) is 2.80. The van der Waals surface area contributed by atoms with Gasteiger partial charge in [-0.15, -0.1) is 0 Å². The van der Waals surface area contributed by atoms with Crippen LogP contribution in [0.5, 0.6) is 0 Å².